The van der Waals surface area contributed by atoms with Crippen molar-refractivity contribution in [3.63, 3.8) is 0 Å². The van der Waals surface area contributed by atoms with Gasteiger partial charge in [-0.1, -0.05) is 13.0 Å². The number of carbonyl (C=O) groups is 1. The van der Waals surface area contributed by atoms with Crippen molar-refractivity contribution in [2.45, 2.75) is 13.8 Å². The van der Waals surface area contributed by atoms with E-state index in [0.29, 0.717) is 30.3 Å². The van der Waals surface area contributed by atoms with Crippen molar-refractivity contribution in [3.05, 3.63) is 23.8 Å². The molecule has 0 unspecified atom stereocenters. The first-order valence-corrected chi connectivity index (χ1v) is 6.90. The molecule has 0 aliphatic carbocycles. The highest BCUT2D eigenvalue weighted by molar-refractivity contribution is 7.99. The summed E-state index contributed by atoms with van der Waals surface area (Å²) in [6.07, 6.45) is 0.796. The van der Waals surface area contributed by atoms with Crippen molar-refractivity contribution in [1.29, 1.82) is 0 Å². The average molecular weight is 254 g/mol. The standard InChI is InChI=1S/C13H18O3S/c1-3-15-12-7-5-6-11(10-14)13(12)16-8-9-17-4-2/h5-7,10H,3-4,8-9H2,1-2H3. The van der Waals surface area contributed by atoms with E-state index in [1.807, 2.05) is 13.0 Å². The van der Waals surface area contributed by atoms with Gasteiger partial charge in [-0.25, -0.2) is 0 Å². The summed E-state index contributed by atoms with van der Waals surface area (Å²) in [6, 6.07) is 5.35. The first kappa shape index (κ1) is 13.9. The Labute approximate surface area is 106 Å². The summed E-state index contributed by atoms with van der Waals surface area (Å²) in [4.78, 5) is 10.9. The summed E-state index contributed by atoms with van der Waals surface area (Å²) in [6.45, 7) is 5.16. The molecule has 0 atom stereocenters. The largest absolute Gasteiger partial charge is 0.490 e. The van der Waals surface area contributed by atoms with E-state index in [2.05, 4.69) is 6.92 Å². The number of hydrogen-bond donors (Lipinski definition) is 0. The molecule has 17 heavy (non-hydrogen) atoms. The molecule has 0 radical (unpaired) electrons. The molecule has 3 nitrogen and oxygen atoms in total. The molecule has 94 valence electrons. The number of benzene rings is 1. The third-order valence-electron chi connectivity index (χ3n) is 2.11. The van der Waals surface area contributed by atoms with Crippen LogP contribution in [0, 0.1) is 0 Å². The van der Waals surface area contributed by atoms with Gasteiger partial charge in [0, 0.05) is 5.75 Å². The second-order valence-corrected chi connectivity index (χ2v) is 4.66. The first-order valence-electron chi connectivity index (χ1n) is 5.75. The Kier molecular flexibility index (Phi) is 6.55. The van der Waals surface area contributed by atoms with Gasteiger partial charge in [-0.3, -0.25) is 4.79 Å². The Morgan fingerprint density at radius 1 is 1.29 bits per heavy atom. The van der Waals surface area contributed by atoms with Gasteiger partial charge in [-0.05, 0) is 24.8 Å². The number of rotatable bonds is 8. The maximum absolute atomic E-state index is 10.9. The minimum absolute atomic E-state index is 0.539. The van der Waals surface area contributed by atoms with Gasteiger partial charge < -0.3 is 9.47 Å². The molecule has 1 aromatic rings. The van der Waals surface area contributed by atoms with Crippen LogP contribution in [-0.2, 0) is 0 Å². The van der Waals surface area contributed by atoms with Gasteiger partial charge in [-0.15, -0.1) is 0 Å². The predicted molar refractivity (Wildman–Crippen MR) is 71.5 cm³/mol. The van der Waals surface area contributed by atoms with Gasteiger partial charge in [0.2, 0.25) is 0 Å². The van der Waals surface area contributed by atoms with Gasteiger partial charge in [0.05, 0.1) is 18.8 Å². The molecule has 0 heterocycles. The molecule has 0 aliphatic heterocycles. The zero-order valence-electron chi connectivity index (χ0n) is 10.3. The van der Waals surface area contributed by atoms with Crippen LogP contribution < -0.4 is 9.47 Å². The second kappa shape index (κ2) is 8.01. The zero-order valence-corrected chi connectivity index (χ0v) is 11.1. The van der Waals surface area contributed by atoms with Crippen molar-refractivity contribution in [3.8, 4) is 11.5 Å². The van der Waals surface area contributed by atoms with Crippen LogP contribution in [0.4, 0.5) is 0 Å². The monoisotopic (exact) mass is 254 g/mol. The highest BCUT2D eigenvalue weighted by atomic mass is 32.2. The van der Waals surface area contributed by atoms with Crippen LogP contribution in [0.2, 0.25) is 0 Å². The van der Waals surface area contributed by atoms with E-state index in [0.717, 1.165) is 17.8 Å². The van der Waals surface area contributed by atoms with Gasteiger partial charge in [0.1, 0.15) is 0 Å². The van der Waals surface area contributed by atoms with E-state index in [4.69, 9.17) is 9.47 Å². The number of para-hydroxylation sites is 1. The van der Waals surface area contributed by atoms with Gasteiger partial charge >= 0.3 is 0 Å². The fourth-order valence-corrected chi connectivity index (χ4v) is 1.89. The number of hydrogen-bond acceptors (Lipinski definition) is 4. The molecule has 1 rings (SSSR count). The van der Waals surface area contributed by atoms with Crippen LogP contribution in [0.5, 0.6) is 11.5 Å². The minimum atomic E-state index is 0.539. The average Bonchev–Trinajstić information content (AvgIpc) is 2.36. The minimum Gasteiger partial charge on any atom is -0.490 e. The molecule has 0 N–H and O–H groups in total. The van der Waals surface area contributed by atoms with Gasteiger partial charge in [0.25, 0.3) is 0 Å². The molecular weight excluding hydrogens is 236 g/mol. The third-order valence-corrected chi connectivity index (χ3v) is 2.98. The molecule has 0 spiro atoms. The van der Waals surface area contributed by atoms with Crippen LogP contribution in [0.1, 0.15) is 24.2 Å². The van der Waals surface area contributed by atoms with Crippen molar-refractivity contribution in [1.82, 2.24) is 0 Å². The lowest BCUT2D eigenvalue weighted by molar-refractivity contribution is 0.111. The lowest BCUT2D eigenvalue weighted by atomic mass is 10.2. The summed E-state index contributed by atoms with van der Waals surface area (Å²) in [7, 11) is 0. The normalized spacial score (nSPS) is 10.0. The lowest BCUT2D eigenvalue weighted by Crippen LogP contribution is -2.05. The highest BCUT2D eigenvalue weighted by Gasteiger charge is 2.10. The summed E-state index contributed by atoms with van der Waals surface area (Å²) < 4.78 is 11.1. The summed E-state index contributed by atoms with van der Waals surface area (Å²) in [5, 5.41) is 0. The van der Waals surface area contributed by atoms with Crippen LogP contribution >= 0.6 is 11.8 Å². The topological polar surface area (TPSA) is 35.5 Å². The molecule has 0 aromatic heterocycles. The molecule has 0 aliphatic rings. The van der Waals surface area contributed by atoms with E-state index in [1.54, 1.807) is 23.9 Å². The summed E-state index contributed by atoms with van der Waals surface area (Å²) in [5.74, 6) is 3.17. The zero-order chi connectivity index (χ0) is 12.5. The molecule has 0 saturated carbocycles. The highest BCUT2D eigenvalue weighted by Crippen LogP contribution is 2.30. The predicted octanol–water partition coefficient (Wildman–Crippen LogP) is 3.03. The number of aldehydes is 1. The number of carbonyl (C=O) groups excluding carboxylic acids is 1. The van der Waals surface area contributed by atoms with E-state index >= 15 is 0 Å². The smallest absolute Gasteiger partial charge is 0.171 e. The summed E-state index contributed by atoms with van der Waals surface area (Å²) >= 11 is 1.81. The maximum Gasteiger partial charge on any atom is 0.171 e. The molecule has 4 heteroatoms. The second-order valence-electron chi connectivity index (χ2n) is 3.27. The fraction of sp³-hybridized carbons (Fsp3) is 0.462. The van der Waals surface area contributed by atoms with Crippen molar-refractivity contribution in [2.24, 2.45) is 0 Å². The summed E-state index contributed by atoms with van der Waals surface area (Å²) in [5.41, 5.74) is 0.539. The maximum atomic E-state index is 10.9. The molecular formula is C13H18O3S. The molecule has 0 amide bonds. The van der Waals surface area contributed by atoms with E-state index in [-0.39, 0.29) is 0 Å². The van der Waals surface area contributed by atoms with Crippen LogP contribution in [0.3, 0.4) is 0 Å². The van der Waals surface area contributed by atoms with E-state index in [9.17, 15) is 4.79 Å². The molecule has 0 bridgehead atoms. The van der Waals surface area contributed by atoms with Gasteiger partial charge in [-0.2, -0.15) is 11.8 Å². The molecule has 0 saturated heterocycles. The SMILES string of the molecule is CCOc1cccc(C=O)c1OCCSCC. The van der Waals surface area contributed by atoms with Crippen molar-refractivity contribution in [2.75, 3.05) is 24.7 Å². The van der Waals surface area contributed by atoms with Crippen molar-refractivity contribution < 1.29 is 14.3 Å². The quantitative estimate of drug-likeness (QED) is 0.527. The van der Waals surface area contributed by atoms with Crippen LogP contribution in [0.15, 0.2) is 18.2 Å². The Hall–Kier alpha value is -1.16. The molecule has 0 fully saturated rings. The van der Waals surface area contributed by atoms with Gasteiger partial charge in [0.15, 0.2) is 17.8 Å². The molecule has 1 aromatic carbocycles. The van der Waals surface area contributed by atoms with Crippen LogP contribution in [0.25, 0.3) is 0 Å². The third kappa shape index (κ3) is 4.30. The first-order chi connectivity index (χ1) is 8.33. The Bertz CT molecular complexity index is 353. The lowest BCUT2D eigenvalue weighted by Gasteiger charge is -2.13. The Morgan fingerprint density at radius 2 is 2.12 bits per heavy atom. The van der Waals surface area contributed by atoms with Crippen LogP contribution in [-0.4, -0.2) is 31.0 Å². The fourth-order valence-electron chi connectivity index (χ4n) is 1.40. The van der Waals surface area contributed by atoms with E-state index < -0.39 is 0 Å². The van der Waals surface area contributed by atoms with E-state index in [1.165, 1.54) is 0 Å². The Morgan fingerprint density at radius 3 is 2.76 bits per heavy atom. The number of thioether (sulfide) groups is 1. The Balaban J connectivity index is 2.74. The number of ether oxygens (including phenoxy) is 2. The van der Waals surface area contributed by atoms with Crippen molar-refractivity contribution >= 4 is 18.0 Å².